The zero-order valence-corrected chi connectivity index (χ0v) is 21.5. The third-order valence-corrected chi connectivity index (χ3v) is 8.95. The Bertz CT molecular complexity index is 1640. The number of para-hydroxylation sites is 1. The monoisotopic (exact) mass is 530 g/mol. The first-order valence-corrected chi connectivity index (χ1v) is 13.1. The van der Waals surface area contributed by atoms with E-state index in [-0.39, 0.29) is 28.5 Å². The molecule has 6 rings (SSSR count). The number of piperidine rings is 1. The number of nitro groups is 1. The third kappa shape index (κ3) is 3.87. The first kappa shape index (κ1) is 24.3. The van der Waals surface area contributed by atoms with Crippen LogP contribution in [0.2, 0.25) is 0 Å². The highest BCUT2D eigenvalue weighted by Crippen LogP contribution is 2.51. The summed E-state index contributed by atoms with van der Waals surface area (Å²) in [5.41, 5.74) is 14.9. The first-order chi connectivity index (χ1) is 18.3. The molecule has 0 saturated carbocycles. The molecule has 194 valence electrons. The highest BCUT2D eigenvalue weighted by atomic mass is 32.2. The van der Waals surface area contributed by atoms with E-state index >= 15 is 0 Å². The summed E-state index contributed by atoms with van der Waals surface area (Å²) in [6.07, 6.45) is 5.19. The lowest BCUT2D eigenvalue weighted by Gasteiger charge is -2.42. The Morgan fingerprint density at radius 2 is 1.95 bits per heavy atom. The van der Waals surface area contributed by atoms with E-state index in [1.807, 2.05) is 30.3 Å². The van der Waals surface area contributed by atoms with Crippen molar-refractivity contribution in [3.63, 3.8) is 0 Å². The highest BCUT2D eigenvalue weighted by molar-refractivity contribution is 7.99. The molecule has 0 radical (unpaired) electrons. The number of anilines is 2. The molecule has 4 aromatic rings. The SMILES string of the molecule is Cn1c(N2CCC3(CC2)Cc2ncc([N+](=O)[O-])cc2[C@H]3N)nc(N)c(Sc2cccc3cccnc23)c1=O. The maximum Gasteiger partial charge on any atom is 0.287 e. The van der Waals surface area contributed by atoms with Crippen LogP contribution in [0, 0.1) is 15.5 Å². The van der Waals surface area contributed by atoms with Gasteiger partial charge in [0.15, 0.2) is 0 Å². The second-order valence-electron chi connectivity index (χ2n) is 9.91. The minimum absolute atomic E-state index is 0.0411. The van der Waals surface area contributed by atoms with Crippen LogP contribution in [0.3, 0.4) is 0 Å². The Hall–Kier alpha value is -4.03. The van der Waals surface area contributed by atoms with E-state index in [9.17, 15) is 14.9 Å². The van der Waals surface area contributed by atoms with E-state index < -0.39 is 4.92 Å². The minimum Gasteiger partial charge on any atom is -0.382 e. The van der Waals surface area contributed by atoms with Gasteiger partial charge in [0.05, 0.1) is 10.4 Å². The molecule has 11 nitrogen and oxygen atoms in total. The van der Waals surface area contributed by atoms with Gasteiger partial charge in [-0.3, -0.25) is 29.4 Å². The summed E-state index contributed by atoms with van der Waals surface area (Å²) in [7, 11) is 1.71. The molecule has 4 N–H and O–H groups in total. The second-order valence-corrected chi connectivity index (χ2v) is 11.0. The Kier molecular flexibility index (Phi) is 5.80. The lowest BCUT2D eigenvalue weighted by atomic mass is 9.73. The number of benzene rings is 1. The predicted molar refractivity (Wildman–Crippen MR) is 145 cm³/mol. The van der Waals surface area contributed by atoms with Crippen LogP contribution in [0.25, 0.3) is 10.9 Å². The van der Waals surface area contributed by atoms with Crippen molar-refractivity contribution in [1.82, 2.24) is 19.5 Å². The van der Waals surface area contributed by atoms with Gasteiger partial charge in [-0.15, -0.1) is 0 Å². The molecule has 38 heavy (non-hydrogen) atoms. The summed E-state index contributed by atoms with van der Waals surface area (Å²) < 4.78 is 1.55. The molecule has 1 saturated heterocycles. The smallest absolute Gasteiger partial charge is 0.287 e. The zero-order valence-electron chi connectivity index (χ0n) is 20.7. The summed E-state index contributed by atoms with van der Waals surface area (Å²) in [4.78, 5) is 40.9. The molecule has 1 aliphatic carbocycles. The third-order valence-electron chi connectivity index (χ3n) is 7.82. The van der Waals surface area contributed by atoms with Crippen LogP contribution in [-0.2, 0) is 13.5 Å². The van der Waals surface area contributed by atoms with Crippen molar-refractivity contribution in [2.45, 2.75) is 35.1 Å². The number of rotatable bonds is 4. The van der Waals surface area contributed by atoms with Crippen LogP contribution in [-0.4, -0.2) is 37.5 Å². The van der Waals surface area contributed by atoms with Crippen molar-refractivity contribution >= 4 is 40.1 Å². The van der Waals surface area contributed by atoms with Gasteiger partial charge in [0.2, 0.25) is 5.95 Å². The van der Waals surface area contributed by atoms with Gasteiger partial charge in [-0.1, -0.05) is 30.0 Å². The fraction of sp³-hybridized carbons (Fsp3) is 0.308. The van der Waals surface area contributed by atoms with E-state index in [0.717, 1.165) is 39.9 Å². The van der Waals surface area contributed by atoms with Crippen molar-refractivity contribution < 1.29 is 4.92 Å². The lowest BCUT2D eigenvalue weighted by molar-refractivity contribution is -0.385. The first-order valence-electron chi connectivity index (χ1n) is 12.3. The van der Waals surface area contributed by atoms with Crippen molar-refractivity contribution in [2.75, 3.05) is 23.7 Å². The number of nitrogens with zero attached hydrogens (tertiary/aromatic N) is 6. The number of hydrogen-bond acceptors (Lipinski definition) is 10. The normalized spacial score (nSPS) is 18.2. The Morgan fingerprint density at radius 1 is 1.18 bits per heavy atom. The fourth-order valence-corrected chi connectivity index (χ4v) is 6.67. The van der Waals surface area contributed by atoms with Gasteiger partial charge in [0.25, 0.3) is 11.2 Å². The summed E-state index contributed by atoms with van der Waals surface area (Å²) >= 11 is 1.28. The number of fused-ring (bicyclic) bond motifs is 2. The zero-order chi connectivity index (χ0) is 26.6. The molecule has 1 aliphatic heterocycles. The molecular formula is C26H26N8O3S. The number of nitrogen functional groups attached to an aromatic ring is 1. The molecule has 3 aromatic heterocycles. The van der Waals surface area contributed by atoms with Crippen LogP contribution in [0.1, 0.15) is 30.1 Å². The summed E-state index contributed by atoms with van der Waals surface area (Å²) in [6, 6.07) is 10.9. The van der Waals surface area contributed by atoms with Crippen molar-refractivity contribution in [3.8, 4) is 0 Å². The molecule has 0 bridgehead atoms. The quantitative estimate of drug-likeness (QED) is 0.296. The molecule has 2 aliphatic rings. The molecule has 0 unspecified atom stereocenters. The summed E-state index contributed by atoms with van der Waals surface area (Å²) in [5.74, 6) is 0.698. The average molecular weight is 531 g/mol. The topological polar surface area (TPSA) is 159 Å². The van der Waals surface area contributed by atoms with E-state index in [1.165, 1.54) is 18.0 Å². The Labute approximate surface area is 222 Å². The summed E-state index contributed by atoms with van der Waals surface area (Å²) in [5, 5.41) is 12.2. The van der Waals surface area contributed by atoms with Gasteiger partial charge in [-0.2, -0.15) is 4.98 Å². The van der Waals surface area contributed by atoms with E-state index in [1.54, 1.807) is 23.9 Å². The Balaban J connectivity index is 1.24. The number of nitrogens with two attached hydrogens (primary N) is 2. The van der Waals surface area contributed by atoms with Gasteiger partial charge < -0.3 is 16.4 Å². The van der Waals surface area contributed by atoms with Crippen LogP contribution in [0.4, 0.5) is 17.5 Å². The van der Waals surface area contributed by atoms with Gasteiger partial charge in [0, 0.05) is 54.4 Å². The van der Waals surface area contributed by atoms with E-state index in [2.05, 4.69) is 19.9 Å². The van der Waals surface area contributed by atoms with Crippen molar-refractivity contribution in [2.24, 2.45) is 18.2 Å². The lowest BCUT2D eigenvalue weighted by Crippen LogP contribution is -2.46. The van der Waals surface area contributed by atoms with Gasteiger partial charge in [0.1, 0.15) is 16.9 Å². The summed E-state index contributed by atoms with van der Waals surface area (Å²) in [6.45, 7) is 1.26. The molecule has 0 amide bonds. The molecule has 1 spiro atoms. The van der Waals surface area contributed by atoms with Crippen LogP contribution < -0.4 is 21.9 Å². The predicted octanol–water partition coefficient (Wildman–Crippen LogP) is 3.21. The van der Waals surface area contributed by atoms with Gasteiger partial charge in [-0.05, 0) is 42.4 Å². The van der Waals surface area contributed by atoms with Gasteiger partial charge in [-0.25, -0.2) is 0 Å². The molecule has 12 heteroatoms. The second kappa shape index (κ2) is 9.07. The maximum atomic E-state index is 13.4. The van der Waals surface area contributed by atoms with E-state index in [0.29, 0.717) is 30.4 Å². The molecule has 1 fully saturated rings. The number of aromatic nitrogens is 4. The van der Waals surface area contributed by atoms with Gasteiger partial charge >= 0.3 is 0 Å². The average Bonchev–Trinajstić information content (AvgIpc) is 3.19. The van der Waals surface area contributed by atoms with Crippen LogP contribution >= 0.6 is 11.8 Å². The van der Waals surface area contributed by atoms with Crippen molar-refractivity contribution in [3.05, 3.63) is 80.5 Å². The Morgan fingerprint density at radius 3 is 2.71 bits per heavy atom. The standard InChI is InChI=1S/C26H26N8O3S/c1-32-24(35)21(38-19-6-2-4-15-5-3-9-29-20(15)19)23(28)31-25(32)33-10-7-26(8-11-33)13-18-17(22(26)27)12-16(14-30-18)34(36)37/h2-6,9,12,14,22H,7-8,10-11,13,27-28H2,1H3/t22-/m1/s1. The largest absolute Gasteiger partial charge is 0.382 e. The van der Waals surface area contributed by atoms with E-state index in [4.69, 9.17) is 11.5 Å². The molecule has 1 aromatic carbocycles. The fourth-order valence-electron chi connectivity index (χ4n) is 5.66. The maximum absolute atomic E-state index is 13.4. The minimum atomic E-state index is -0.442. The highest BCUT2D eigenvalue weighted by Gasteiger charge is 2.47. The molecule has 4 heterocycles. The van der Waals surface area contributed by atoms with Crippen molar-refractivity contribution in [1.29, 1.82) is 0 Å². The van der Waals surface area contributed by atoms with Crippen LogP contribution in [0.15, 0.2) is 63.4 Å². The van der Waals surface area contributed by atoms with Crippen LogP contribution in [0.5, 0.6) is 0 Å². The molecular weight excluding hydrogens is 504 g/mol. The number of pyridine rings is 2. The number of hydrogen-bond donors (Lipinski definition) is 2. The molecule has 1 atom stereocenters.